The molecule has 2 N–H and O–H groups in total. The van der Waals surface area contributed by atoms with E-state index in [1.807, 2.05) is 24.4 Å². The fourth-order valence-electron chi connectivity index (χ4n) is 1.83. The number of halogens is 1. The maximum Gasteiger partial charge on any atom is 0.252 e. The number of pyridine rings is 1. The zero-order valence-electron chi connectivity index (χ0n) is 10.9. The highest BCUT2D eigenvalue weighted by Gasteiger charge is 2.09. The Bertz CT molecular complexity index is 588. The lowest BCUT2D eigenvalue weighted by atomic mass is 10.1. The lowest BCUT2D eigenvalue weighted by Gasteiger charge is -2.10. The van der Waals surface area contributed by atoms with Crippen LogP contribution >= 0.6 is 15.9 Å². The molecule has 0 saturated heterocycles. The number of carbonyl (C=O) groups excluding carboxylic acids is 1. The SMILES string of the molecule is NC(=O)c1cc(Br)ccc1OCCCc1cccnc1. The van der Waals surface area contributed by atoms with E-state index in [0.717, 1.165) is 17.3 Å². The molecule has 0 aliphatic rings. The molecule has 5 heteroatoms. The molecule has 0 aliphatic carbocycles. The minimum atomic E-state index is -0.492. The first-order valence-corrected chi connectivity index (χ1v) is 7.07. The molecular formula is C15H15BrN2O2. The van der Waals surface area contributed by atoms with Gasteiger partial charge >= 0.3 is 0 Å². The van der Waals surface area contributed by atoms with Crippen molar-refractivity contribution in [2.45, 2.75) is 12.8 Å². The zero-order valence-corrected chi connectivity index (χ0v) is 12.5. The van der Waals surface area contributed by atoms with E-state index in [2.05, 4.69) is 20.9 Å². The van der Waals surface area contributed by atoms with E-state index >= 15 is 0 Å². The number of carbonyl (C=O) groups is 1. The standard InChI is InChI=1S/C15H15BrN2O2/c16-12-5-6-14(13(9-12)15(17)19)20-8-2-4-11-3-1-7-18-10-11/h1,3,5-7,9-10H,2,4,8H2,(H2,17,19). The molecular weight excluding hydrogens is 320 g/mol. The molecule has 20 heavy (non-hydrogen) atoms. The lowest BCUT2D eigenvalue weighted by Crippen LogP contribution is -2.13. The predicted octanol–water partition coefficient (Wildman–Crippen LogP) is 2.95. The zero-order chi connectivity index (χ0) is 14.4. The first kappa shape index (κ1) is 14.5. The van der Waals surface area contributed by atoms with Gasteiger partial charge in [0, 0.05) is 16.9 Å². The van der Waals surface area contributed by atoms with Crippen molar-refractivity contribution in [1.29, 1.82) is 0 Å². The molecule has 0 fully saturated rings. The highest BCUT2D eigenvalue weighted by atomic mass is 79.9. The minimum absolute atomic E-state index is 0.390. The van der Waals surface area contributed by atoms with E-state index in [1.165, 1.54) is 5.56 Å². The molecule has 1 aromatic heterocycles. The maximum atomic E-state index is 11.3. The Labute approximate surface area is 126 Å². The number of rotatable bonds is 6. The molecule has 2 rings (SSSR count). The first-order chi connectivity index (χ1) is 9.66. The van der Waals surface area contributed by atoms with Gasteiger partial charge in [-0.2, -0.15) is 0 Å². The number of hydrogen-bond acceptors (Lipinski definition) is 3. The van der Waals surface area contributed by atoms with Crippen LogP contribution in [-0.4, -0.2) is 17.5 Å². The van der Waals surface area contributed by atoms with Gasteiger partial charge in [-0.25, -0.2) is 0 Å². The number of nitrogens with two attached hydrogens (primary N) is 1. The van der Waals surface area contributed by atoms with Gasteiger partial charge in [0.25, 0.3) is 5.91 Å². The monoisotopic (exact) mass is 334 g/mol. The van der Waals surface area contributed by atoms with Crippen LogP contribution in [-0.2, 0) is 6.42 Å². The summed E-state index contributed by atoms with van der Waals surface area (Å²) < 4.78 is 6.43. The third kappa shape index (κ3) is 4.06. The van der Waals surface area contributed by atoms with Crippen molar-refractivity contribution in [3.05, 3.63) is 58.3 Å². The first-order valence-electron chi connectivity index (χ1n) is 6.28. The summed E-state index contributed by atoms with van der Waals surface area (Å²) in [7, 11) is 0. The van der Waals surface area contributed by atoms with Crippen LogP contribution in [0.5, 0.6) is 5.75 Å². The number of hydrogen-bond donors (Lipinski definition) is 1. The number of ether oxygens (including phenoxy) is 1. The van der Waals surface area contributed by atoms with Gasteiger partial charge in [0.15, 0.2) is 0 Å². The Hall–Kier alpha value is -1.88. The van der Waals surface area contributed by atoms with Gasteiger partial charge in [0.2, 0.25) is 0 Å². The molecule has 0 radical (unpaired) electrons. The molecule has 0 saturated carbocycles. The Kier molecular flexibility index (Phi) is 5.12. The smallest absolute Gasteiger partial charge is 0.252 e. The molecule has 1 aromatic carbocycles. The number of aryl methyl sites for hydroxylation is 1. The van der Waals surface area contributed by atoms with E-state index in [9.17, 15) is 4.79 Å². The van der Waals surface area contributed by atoms with Crippen molar-refractivity contribution >= 4 is 21.8 Å². The summed E-state index contributed by atoms with van der Waals surface area (Å²) in [5, 5.41) is 0. The van der Waals surface area contributed by atoms with Crippen LogP contribution < -0.4 is 10.5 Å². The van der Waals surface area contributed by atoms with Crippen LogP contribution in [0.2, 0.25) is 0 Å². The summed E-state index contributed by atoms with van der Waals surface area (Å²) in [6, 6.07) is 9.17. The number of benzene rings is 1. The molecule has 1 amide bonds. The summed E-state index contributed by atoms with van der Waals surface area (Å²) in [5.41, 5.74) is 6.89. The molecule has 104 valence electrons. The average Bonchev–Trinajstić information content (AvgIpc) is 2.45. The van der Waals surface area contributed by atoms with Crippen LogP contribution in [0.1, 0.15) is 22.3 Å². The molecule has 0 unspecified atom stereocenters. The van der Waals surface area contributed by atoms with Crippen molar-refractivity contribution in [3.8, 4) is 5.75 Å². The Morgan fingerprint density at radius 3 is 2.90 bits per heavy atom. The summed E-state index contributed by atoms with van der Waals surface area (Å²) in [6.07, 6.45) is 5.33. The van der Waals surface area contributed by atoms with Gasteiger partial charge in [-0.05, 0) is 42.7 Å². The summed E-state index contributed by atoms with van der Waals surface area (Å²) in [4.78, 5) is 15.4. The maximum absolute atomic E-state index is 11.3. The van der Waals surface area contributed by atoms with E-state index < -0.39 is 5.91 Å². The Morgan fingerprint density at radius 1 is 1.35 bits per heavy atom. The second kappa shape index (κ2) is 7.05. The highest BCUT2D eigenvalue weighted by molar-refractivity contribution is 9.10. The van der Waals surface area contributed by atoms with Gasteiger partial charge in [-0.1, -0.05) is 22.0 Å². The second-order valence-electron chi connectivity index (χ2n) is 4.32. The molecule has 0 spiro atoms. The van der Waals surface area contributed by atoms with Gasteiger partial charge in [0.1, 0.15) is 5.75 Å². The highest BCUT2D eigenvalue weighted by Crippen LogP contribution is 2.23. The summed E-state index contributed by atoms with van der Waals surface area (Å²) in [5.74, 6) is 0.0282. The van der Waals surface area contributed by atoms with Crippen molar-refractivity contribution in [3.63, 3.8) is 0 Å². The lowest BCUT2D eigenvalue weighted by molar-refractivity contribution is 0.0996. The largest absolute Gasteiger partial charge is 0.493 e. The van der Waals surface area contributed by atoms with Gasteiger partial charge in [-0.15, -0.1) is 0 Å². The van der Waals surface area contributed by atoms with E-state index in [0.29, 0.717) is 17.9 Å². The van der Waals surface area contributed by atoms with Crippen molar-refractivity contribution in [2.75, 3.05) is 6.61 Å². The van der Waals surface area contributed by atoms with Crippen molar-refractivity contribution in [2.24, 2.45) is 5.73 Å². The average molecular weight is 335 g/mol. The summed E-state index contributed by atoms with van der Waals surface area (Å²) >= 11 is 3.31. The topological polar surface area (TPSA) is 65.2 Å². The fraction of sp³-hybridized carbons (Fsp3) is 0.200. The third-order valence-electron chi connectivity index (χ3n) is 2.80. The van der Waals surface area contributed by atoms with Crippen LogP contribution in [0.4, 0.5) is 0 Å². The third-order valence-corrected chi connectivity index (χ3v) is 3.29. The molecule has 0 aliphatic heterocycles. The molecule has 4 nitrogen and oxygen atoms in total. The van der Waals surface area contributed by atoms with Crippen LogP contribution in [0.25, 0.3) is 0 Å². The quantitative estimate of drug-likeness (QED) is 0.826. The van der Waals surface area contributed by atoms with Crippen LogP contribution in [0.15, 0.2) is 47.2 Å². The number of nitrogens with zero attached hydrogens (tertiary/aromatic N) is 1. The second-order valence-corrected chi connectivity index (χ2v) is 5.23. The Balaban J connectivity index is 1.90. The van der Waals surface area contributed by atoms with E-state index in [1.54, 1.807) is 18.3 Å². The number of aromatic nitrogens is 1. The van der Waals surface area contributed by atoms with Crippen molar-refractivity contribution < 1.29 is 9.53 Å². The van der Waals surface area contributed by atoms with Crippen LogP contribution in [0.3, 0.4) is 0 Å². The minimum Gasteiger partial charge on any atom is -0.493 e. The van der Waals surface area contributed by atoms with E-state index in [-0.39, 0.29) is 0 Å². The van der Waals surface area contributed by atoms with Gasteiger partial charge in [0.05, 0.1) is 12.2 Å². The van der Waals surface area contributed by atoms with Gasteiger partial charge < -0.3 is 10.5 Å². The van der Waals surface area contributed by atoms with Crippen molar-refractivity contribution in [1.82, 2.24) is 4.98 Å². The Morgan fingerprint density at radius 2 is 2.20 bits per heavy atom. The molecule has 2 aromatic rings. The van der Waals surface area contributed by atoms with Crippen LogP contribution in [0, 0.1) is 0 Å². The molecule has 0 atom stereocenters. The summed E-state index contributed by atoms with van der Waals surface area (Å²) in [6.45, 7) is 0.525. The van der Waals surface area contributed by atoms with E-state index in [4.69, 9.17) is 10.5 Å². The number of primary amides is 1. The molecule has 0 bridgehead atoms. The number of amides is 1. The van der Waals surface area contributed by atoms with Gasteiger partial charge in [-0.3, -0.25) is 9.78 Å². The molecule has 1 heterocycles. The normalized spacial score (nSPS) is 10.2. The predicted molar refractivity (Wildman–Crippen MR) is 80.7 cm³/mol. The fourth-order valence-corrected chi connectivity index (χ4v) is 2.19.